The third-order valence-electron chi connectivity index (χ3n) is 4.10. The predicted molar refractivity (Wildman–Crippen MR) is 91.6 cm³/mol. The number of aryl methyl sites for hydroxylation is 1. The highest BCUT2D eigenvalue weighted by Crippen LogP contribution is 2.23. The molecule has 23 heavy (non-hydrogen) atoms. The molecule has 1 aliphatic heterocycles. The van der Waals surface area contributed by atoms with Crippen molar-refractivity contribution in [2.24, 2.45) is 0 Å². The highest BCUT2D eigenvalue weighted by Gasteiger charge is 2.23. The third-order valence-corrected chi connectivity index (χ3v) is 5.31. The van der Waals surface area contributed by atoms with Crippen LogP contribution in [0.25, 0.3) is 0 Å². The Morgan fingerprint density at radius 2 is 1.96 bits per heavy atom. The quantitative estimate of drug-likeness (QED) is 0.838. The van der Waals surface area contributed by atoms with Crippen LogP contribution in [0.2, 0.25) is 4.34 Å². The maximum absolute atomic E-state index is 13.4. The van der Waals surface area contributed by atoms with Crippen LogP contribution >= 0.6 is 22.9 Å². The number of rotatable bonds is 3. The molecule has 2 heterocycles. The molecule has 1 aliphatic rings. The van der Waals surface area contributed by atoms with Gasteiger partial charge in [-0.25, -0.2) is 4.39 Å². The first-order valence-electron chi connectivity index (χ1n) is 7.55. The summed E-state index contributed by atoms with van der Waals surface area (Å²) in [4.78, 5) is 17.9. The number of benzene rings is 1. The van der Waals surface area contributed by atoms with E-state index in [9.17, 15) is 9.18 Å². The molecule has 1 amide bonds. The monoisotopic (exact) mass is 352 g/mol. The summed E-state index contributed by atoms with van der Waals surface area (Å²) in [5, 5.41) is 0. The molecule has 0 spiro atoms. The molecule has 0 atom stereocenters. The van der Waals surface area contributed by atoms with Crippen molar-refractivity contribution >= 4 is 28.8 Å². The number of thiophene rings is 1. The normalized spacial score (nSPS) is 15.9. The molecule has 122 valence electrons. The van der Waals surface area contributed by atoms with Gasteiger partial charge in [0.05, 0.1) is 4.34 Å². The van der Waals surface area contributed by atoms with Gasteiger partial charge in [0.25, 0.3) is 5.91 Å². The van der Waals surface area contributed by atoms with Gasteiger partial charge in [0, 0.05) is 43.2 Å². The lowest BCUT2D eigenvalue weighted by Gasteiger charge is -2.34. The van der Waals surface area contributed by atoms with E-state index in [1.165, 1.54) is 17.0 Å². The molecule has 1 aromatic carbocycles. The van der Waals surface area contributed by atoms with Gasteiger partial charge in [-0.3, -0.25) is 9.69 Å². The minimum absolute atomic E-state index is 0.0826. The van der Waals surface area contributed by atoms with Gasteiger partial charge in [0.2, 0.25) is 0 Å². The van der Waals surface area contributed by atoms with Crippen LogP contribution in [0.1, 0.15) is 20.8 Å². The smallest absolute Gasteiger partial charge is 0.254 e. The fraction of sp³-hybridized carbons (Fsp3) is 0.353. The Balaban J connectivity index is 1.60. The van der Waals surface area contributed by atoms with Crippen LogP contribution in [0.15, 0.2) is 30.3 Å². The Morgan fingerprint density at radius 1 is 1.22 bits per heavy atom. The van der Waals surface area contributed by atoms with Gasteiger partial charge in [-0.2, -0.15) is 0 Å². The van der Waals surface area contributed by atoms with E-state index in [4.69, 9.17) is 11.6 Å². The summed E-state index contributed by atoms with van der Waals surface area (Å²) in [6.07, 6.45) is 0. The van der Waals surface area contributed by atoms with Crippen LogP contribution in [-0.2, 0) is 6.54 Å². The minimum atomic E-state index is -0.368. The van der Waals surface area contributed by atoms with Crippen LogP contribution in [0.4, 0.5) is 4.39 Å². The predicted octanol–water partition coefficient (Wildman–Crippen LogP) is 3.81. The summed E-state index contributed by atoms with van der Waals surface area (Å²) >= 11 is 7.55. The summed E-state index contributed by atoms with van der Waals surface area (Å²) in [6.45, 7) is 5.65. The number of halogens is 2. The maximum Gasteiger partial charge on any atom is 0.254 e. The zero-order valence-corrected chi connectivity index (χ0v) is 14.5. The minimum Gasteiger partial charge on any atom is -0.336 e. The number of carbonyl (C=O) groups is 1. The lowest BCUT2D eigenvalue weighted by atomic mass is 10.1. The Bertz CT molecular complexity index is 710. The number of amides is 1. The first-order valence-corrected chi connectivity index (χ1v) is 8.74. The van der Waals surface area contributed by atoms with E-state index in [1.807, 2.05) is 19.1 Å². The van der Waals surface area contributed by atoms with Crippen molar-refractivity contribution in [3.8, 4) is 0 Å². The second-order valence-electron chi connectivity index (χ2n) is 5.73. The van der Waals surface area contributed by atoms with Crippen molar-refractivity contribution in [3.63, 3.8) is 0 Å². The highest BCUT2D eigenvalue weighted by molar-refractivity contribution is 7.16. The van der Waals surface area contributed by atoms with Crippen LogP contribution < -0.4 is 0 Å². The summed E-state index contributed by atoms with van der Waals surface area (Å²) in [6, 6.07) is 8.32. The van der Waals surface area contributed by atoms with Crippen LogP contribution in [0.5, 0.6) is 0 Å². The summed E-state index contributed by atoms with van der Waals surface area (Å²) in [7, 11) is 0. The number of nitrogens with zero attached hydrogens (tertiary/aromatic N) is 2. The van der Waals surface area contributed by atoms with Crippen molar-refractivity contribution in [2.75, 3.05) is 26.2 Å². The Morgan fingerprint density at radius 3 is 2.61 bits per heavy atom. The van der Waals surface area contributed by atoms with Crippen molar-refractivity contribution in [3.05, 3.63) is 56.5 Å². The van der Waals surface area contributed by atoms with E-state index >= 15 is 0 Å². The molecule has 0 aliphatic carbocycles. The zero-order valence-electron chi connectivity index (χ0n) is 12.9. The molecule has 3 rings (SSSR count). The SMILES string of the molecule is Cc1ccc(F)cc1C(=O)N1CCN(Cc2ccc(Cl)s2)CC1. The van der Waals surface area contributed by atoms with E-state index in [-0.39, 0.29) is 11.7 Å². The fourth-order valence-corrected chi connectivity index (χ4v) is 3.89. The summed E-state index contributed by atoms with van der Waals surface area (Å²) in [5.41, 5.74) is 1.27. The van der Waals surface area contributed by atoms with Gasteiger partial charge in [0.15, 0.2) is 0 Å². The van der Waals surface area contributed by atoms with Gasteiger partial charge >= 0.3 is 0 Å². The molecule has 3 nitrogen and oxygen atoms in total. The number of hydrogen-bond acceptors (Lipinski definition) is 3. The van der Waals surface area contributed by atoms with E-state index in [0.29, 0.717) is 18.7 Å². The first kappa shape index (κ1) is 16.4. The van der Waals surface area contributed by atoms with Crippen molar-refractivity contribution < 1.29 is 9.18 Å². The molecule has 1 fully saturated rings. The Kier molecular flexibility index (Phi) is 4.99. The van der Waals surface area contributed by atoms with Gasteiger partial charge in [-0.05, 0) is 36.8 Å². The number of hydrogen-bond donors (Lipinski definition) is 0. The highest BCUT2D eigenvalue weighted by atomic mass is 35.5. The number of piperazine rings is 1. The molecular weight excluding hydrogens is 335 g/mol. The lowest BCUT2D eigenvalue weighted by Crippen LogP contribution is -2.48. The molecule has 0 bridgehead atoms. The number of carbonyl (C=O) groups excluding carboxylic acids is 1. The zero-order chi connectivity index (χ0) is 16.4. The molecule has 1 saturated heterocycles. The molecule has 0 radical (unpaired) electrons. The standard InChI is InChI=1S/C17H18ClFN2OS/c1-12-2-3-13(19)10-15(12)17(22)21-8-6-20(7-9-21)11-14-4-5-16(18)23-14/h2-5,10H,6-9,11H2,1H3. The second-order valence-corrected chi connectivity index (χ2v) is 7.53. The van der Waals surface area contributed by atoms with Gasteiger partial charge < -0.3 is 4.90 Å². The Hall–Kier alpha value is -1.43. The molecule has 6 heteroatoms. The average molecular weight is 353 g/mol. The third kappa shape index (κ3) is 3.91. The summed E-state index contributed by atoms with van der Waals surface area (Å²) in [5.74, 6) is -0.451. The molecule has 2 aromatic rings. The fourth-order valence-electron chi connectivity index (χ4n) is 2.76. The summed E-state index contributed by atoms with van der Waals surface area (Å²) < 4.78 is 14.2. The lowest BCUT2D eigenvalue weighted by molar-refractivity contribution is 0.0628. The molecule has 0 N–H and O–H groups in total. The maximum atomic E-state index is 13.4. The largest absolute Gasteiger partial charge is 0.336 e. The molecule has 1 aromatic heterocycles. The van der Waals surface area contributed by atoms with Crippen LogP contribution in [0, 0.1) is 12.7 Å². The van der Waals surface area contributed by atoms with Crippen molar-refractivity contribution in [2.45, 2.75) is 13.5 Å². The van der Waals surface area contributed by atoms with Gasteiger partial charge in [-0.1, -0.05) is 17.7 Å². The topological polar surface area (TPSA) is 23.6 Å². The molecule has 0 saturated carbocycles. The van der Waals surface area contributed by atoms with E-state index in [1.54, 1.807) is 22.3 Å². The molecular formula is C17H18ClFN2OS. The van der Waals surface area contributed by atoms with Gasteiger partial charge in [-0.15, -0.1) is 11.3 Å². The van der Waals surface area contributed by atoms with E-state index in [2.05, 4.69) is 4.90 Å². The van der Waals surface area contributed by atoms with Crippen molar-refractivity contribution in [1.29, 1.82) is 0 Å². The average Bonchev–Trinajstić information content (AvgIpc) is 2.95. The van der Waals surface area contributed by atoms with Crippen LogP contribution in [0.3, 0.4) is 0 Å². The van der Waals surface area contributed by atoms with E-state index < -0.39 is 0 Å². The van der Waals surface area contributed by atoms with Crippen molar-refractivity contribution in [1.82, 2.24) is 9.80 Å². The Labute approximate surface area is 144 Å². The van der Waals surface area contributed by atoms with Crippen LogP contribution in [-0.4, -0.2) is 41.9 Å². The first-order chi connectivity index (χ1) is 11.0. The van der Waals surface area contributed by atoms with Gasteiger partial charge in [0.1, 0.15) is 5.82 Å². The molecule has 0 unspecified atom stereocenters. The van der Waals surface area contributed by atoms with E-state index in [0.717, 1.165) is 29.5 Å². The second kappa shape index (κ2) is 6.99.